The number of carbonyl (C=O) groups excluding carboxylic acids is 1. The van der Waals surface area contributed by atoms with Crippen molar-refractivity contribution >= 4 is 16.8 Å². The van der Waals surface area contributed by atoms with Crippen LogP contribution in [0.3, 0.4) is 0 Å². The van der Waals surface area contributed by atoms with Gasteiger partial charge in [0.1, 0.15) is 0 Å². The van der Waals surface area contributed by atoms with E-state index in [4.69, 9.17) is 4.52 Å². The summed E-state index contributed by atoms with van der Waals surface area (Å²) in [6, 6.07) is 19.6. The molecule has 2 heterocycles. The second-order valence-corrected chi connectivity index (χ2v) is 6.36. The molecule has 1 amide bonds. The van der Waals surface area contributed by atoms with Gasteiger partial charge in [0.2, 0.25) is 0 Å². The third-order valence-corrected chi connectivity index (χ3v) is 4.60. The first-order valence-electron chi connectivity index (χ1n) is 8.47. The lowest BCUT2D eigenvalue weighted by Gasteiger charge is -2.04. The molecule has 5 nitrogen and oxygen atoms in total. The van der Waals surface area contributed by atoms with Crippen LogP contribution in [0, 0.1) is 6.92 Å². The SMILES string of the molecule is Cc1cc2cc(CNC(=O)c3cc(-c4ccccc4)on3)ccc2n1C. The summed E-state index contributed by atoms with van der Waals surface area (Å²) in [6.07, 6.45) is 0. The van der Waals surface area contributed by atoms with Gasteiger partial charge in [-0.15, -0.1) is 0 Å². The number of carbonyl (C=O) groups is 1. The van der Waals surface area contributed by atoms with Crippen molar-refractivity contribution in [3.8, 4) is 11.3 Å². The molecule has 1 N–H and O–H groups in total. The molecule has 0 aliphatic heterocycles. The Morgan fingerprint density at radius 1 is 1.12 bits per heavy atom. The van der Waals surface area contributed by atoms with Crippen LogP contribution in [0.1, 0.15) is 21.7 Å². The topological polar surface area (TPSA) is 60.1 Å². The number of benzene rings is 2. The molecule has 0 saturated heterocycles. The fraction of sp³-hybridized carbons (Fsp3) is 0.143. The molecule has 0 aliphatic carbocycles. The first kappa shape index (κ1) is 16.1. The first-order chi connectivity index (χ1) is 12.6. The quantitative estimate of drug-likeness (QED) is 0.606. The summed E-state index contributed by atoms with van der Waals surface area (Å²) in [7, 11) is 2.05. The lowest BCUT2D eigenvalue weighted by Crippen LogP contribution is -2.23. The van der Waals surface area contributed by atoms with Crippen molar-refractivity contribution in [3.63, 3.8) is 0 Å². The van der Waals surface area contributed by atoms with Gasteiger partial charge in [0.15, 0.2) is 11.5 Å². The zero-order valence-electron chi connectivity index (χ0n) is 14.7. The van der Waals surface area contributed by atoms with Crippen molar-refractivity contribution in [2.24, 2.45) is 7.05 Å². The molecule has 0 aliphatic rings. The third kappa shape index (κ3) is 2.99. The number of amides is 1. The van der Waals surface area contributed by atoms with Crippen molar-refractivity contribution in [2.75, 3.05) is 0 Å². The summed E-state index contributed by atoms with van der Waals surface area (Å²) in [5.74, 6) is 0.331. The van der Waals surface area contributed by atoms with E-state index in [9.17, 15) is 4.79 Å². The zero-order chi connectivity index (χ0) is 18.1. The third-order valence-electron chi connectivity index (χ3n) is 4.60. The average Bonchev–Trinajstić information content (AvgIpc) is 3.26. The normalized spacial score (nSPS) is 11.0. The number of rotatable bonds is 4. The summed E-state index contributed by atoms with van der Waals surface area (Å²) in [5.41, 5.74) is 4.60. The molecule has 0 fully saturated rings. The zero-order valence-corrected chi connectivity index (χ0v) is 14.7. The molecule has 26 heavy (non-hydrogen) atoms. The molecule has 2 aromatic heterocycles. The van der Waals surface area contributed by atoms with Crippen LogP contribution in [0.2, 0.25) is 0 Å². The van der Waals surface area contributed by atoms with Gasteiger partial charge in [-0.05, 0) is 30.7 Å². The van der Waals surface area contributed by atoms with E-state index in [0.29, 0.717) is 12.3 Å². The molecule has 0 saturated carbocycles. The minimum Gasteiger partial charge on any atom is -0.355 e. The van der Waals surface area contributed by atoms with Gasteiger partial charge in [0.05, 0.1) is 0 Å². The summed E-state index contributed by atoms with van der Waals surface area (Å²) in [5, 5.41) is 7.95. The molecule has 130 valence electrons. The lowest BCUT2D eigenvalue weighted by atomic mass is 10.1. The highest BCUT2D eigenvalue weighted by atomic mass is 16.5. The van der Waals surface area contributed by atoms with Gasteiger partial charge in [-0.2, -0.15) is 0 Å². The molecular weight excluding hydrogens is 326 g/mol. The van der Waals surface area contributed by atoms with Gasteiger partial charge < -0.3 is 14.4 Å². The number of aryl methyl sites for hydroxylation is 2. The maximum absolute atomic E-state index is 12.3. The Balaban J connectivity index is 1.46. The Morgan fingerprint density at radius 3 is 2.73 bits per heavy atom. The molecule has 2 aromatic carbocycles. The predicted octanol–water partition coefficient (Wildman–Crippen LogP) is 4.07. The number of hydrogen-bond donors (Lipinski definition) is 1. The highest BCUT2D eigenvalue weighted by Crippen LogP contribution is 2.21. The fourth-order valence-corrected chi connectivity index (χ4v) is 3.04. The van der Waals surface area contributed by atoms with Gasteiger partial charge in [0.25, 0.3) is 5.91 Å². The first-order valence-corrected chi connectivity index (χ1v) is 8.47. The van der Waals surface area contributed by atoms with E-state index < -0.39 is 0 Å². The van der Waals surface area contributed by atoms with Crippen molar-refractivity contribution in [3.05, 3.63) is 77.6 Å². The molecule has 0 atom stereocenters. The van der Waals surface area contributed by atoms with Gasteiger partial charge in [-0.25, -0.2) is 0 Å². The predicted molar refractivity (Wildman–Crippen MR) is 101 cm³/mol. The van der Waals surface area contributed by atoms with Gasteiger partial charge in [-0.1, -0.05) is 41.6 Å². The fourth-order valence-electron chi connectivity index (χ4n) is 3.04. The summed E-state index contributed by atoms with van der Waals surface area (Å²) in [6.45, 7) is 2.52. The van der Waals surface area contributed by atoms with Crippen LogP contribution in [0.15, 0.2) is 65.2 Å². The van der Waals surface area contributed by atoms with Crippen LogP contribution < -0.4 is 5.32 Å². The maximum atomic E-state index is 12.3. The molecule has 4 aromatic rings. The van der Waals surface area contributed by atoms with E-state index in [1.807, 2.05) is 43.4 Å². The van der Waals surface area contributed by atoms with Crippen molar-refractivity contribution in [2.45, 2.75) is 13.5 Å². The molecular formula is C21H19N3O2. The Kier molecular flexibility index (Phi) is 4.05. The molecule has 5 heteroatoms. The lowest BCUT2D eigenvalue weighted by molar-refractivity contribution is 0.0942. The molecule has 0 unspecified atom stereocenters. The highest BCUT2D eigenvalue weighted by Gasteiger charge is 2.13. The van der Waals surface area contributed by atoms with Crippen LogP contribution >= 0.6 is 0 Å². The number of fused-ring (bicyclic) bond motifs is 1. The number of nitrogens with one attached hydrogen (secondary N) is 1. The van der Waals surface area contributed by atoms with Crippen LogP contribution in [0.25, 0.3) is 22.2 Å². The standard InChI is InChI=1S/C21H19N3O2/c1-14-10-17-11-15(8-9-19(17)24(14)2)13-22-21(25)18-12-20(26-23-18)16-6-4-3-5-7-16/h3-12H,13H2,1-2H3,(H,22,25). The molecule has 4 rings (SSSR count). The minimum absolute atomic E-state index is 0.250. The summed E-state index contributed by atoms with van der Waals surface area (Å²) in [4.78, 5) is 12.3. The Bertz CT molecular complexity index is 1080. The van der Waals surface area contributed by atoms with Gasteiger partial charge in [-0.3, -0.25) is 4.79 Å². The molecule has 0 bridgehead atoms. The molecule has 0 radical (unpaired) electrons. The van der Waals surface area contributed by atoms with E-state index >= 15 is 0 Å². The van der Waals surface area contributed by atoms with E-state index in [2.05, 4.69) is 40.2 Å². The summed E-state index contributed by atoms with van der Waals surface area (Å²) < 4.78 is 7.43. The van der Waals surface area contributed by atoms with Gasteiger partial charge in [0, 0.05) is 41.8 Å². The Hall–Kier alpha value is -3.34. The highest BCUT2D eigenvalue weighted by molar-refractivity contribution is 5.93. The largest absolute Gasteiger partial charge is 0.355 e. The smallest absolute Gasteiger partial charge is 0.273 e. The Morgan fingerprint density at radius 2 is 1.92 bits per heavy atom. The van der Waals surface area contributed by atoms with Crippen LogP contribution in [0.5, 0.6) is 0 Å². The Labute approximate surface area is 151 Å². The van der Waals surface area contributed by atoms with Gasteiger partial charge >= 0.3 is 0 Å². The summed E-state index contributed by atoms with van der Waals surface area (Å²) >= 11 is 0. The van der Waals surface area contributed by atoms with Crippen LogP contribution in [-0.4, -0.2) is 15.6 Å². The number of nitrogens with zero attached hydrogens (tertiary/aromatic N) is 2. The van der Waals surface area contributed by atoms with Crippen molar-refractivity contribution < 1.29 is 9.32 Å². The average molecular weight is 345 g/mol. The van der Waals surface area contributed by atoms with Crippen molar-refractivity contribution in [1.82, 2.24) is 15.0 Å². The minimum atomic E-state index is -0.250. The number of aromatic nitrogens is 2. The second kappa shape index (κ2) is 6.52. The molecule has 0 spiro atoms. The van der Waals surface area contributed by atoms with E-state index in [1.54, 1.807) is 6.07 Å². The number of hydrogen-bond acceptors (Lipinski definition) is 3. The van der Waals surface area contributed by atoms with E-state index in [-0.39, 0.29) is 11.6 Å². The van der Waals surface area contributed by atoms with E-state index in [0.717, 1.165) is 11.1 Å². The van der Waals surface area contributed by atoms with E-state index in [1.165, 1.54) is 16.6 Å². The second-order valence-electron chi connectivity index (χ2n) is 6.36. The maximum Gasteiger partial charge on any atom is 0.273 e. The van der Waals surface area contributed by atoms with Crippen LogP contribution in [0.4, 0.5) is 0 Å². The van der Waals surface area contributed by atoms with Crippen molar-refractivity contribution in [1.29, 1.82) is 0 Å². The monoisotopic (exact) mass is 345 g/mol. The van der Waals surface area contributed by atoms with Crippen LogP contribution in [-0.2, 0) is 13.6 Å².